The van der Waals surface area contributed by atoms with Crippen LogP contribution in [0.25, 0.3) is 5.76 Å². The highest BCUT2D eigenvalue weighted by atomic mass is 32.2. The quantitative estimate of drug-likeness (QED) is 0.514. The number of anilines is 1. The third-order valence-corrected chi connectivity index (χ3v) is 6.27. The maximum atomic E-state index is 13.2. The highest BCUT2D eigenvalue weighted by Crippen LogP contribution is 2.37. The van der Waals surface area contributed by atoms with E-state index in [1.807, 2.05) is 0 Å². The molecule has 1 aliphatic heterocycles. The number of likely N-dealkylation sites (N-methyl/N-ethyl adjacent to an activating group) is 1. The van der Waals surface area contributed by atoms with Crippen LogP contribution < -0.4 is 5.32 Å². The Morgan fingerprint density at radius 2 is 1.88 bits per heavy atom. The molecule has 1 aromatic carbocycles. The average Bonchev–Trinajstić information content (AvgIpc) is 2.72. The second kappa shape index (κ2) is 9.27. The molecular weight excluding hydrogens is 438 g/mol. The molecule has 10 nitrogen and oxygen atoms in total. The summed E-state index contributed by atoms with van der Waals surface area (Å²) >= 11 is 0. The number of aryl methyl sites for hydroxylation is 1. The zero-order chi connectivity index (χ0) is 23.5. The van der Waals surface area contributed by atoms with Gasteiger partial charge in [0.25, 0.3) is 15.9 Å². The Kier molecular flexibility index (Phi) is 6.68. The lowest BCUT2D eigenvalue weighted by molar-refractivity contribution is -0.114. The van der Waals surface area contributed by atoms with Gasteiger partial charge in [-0.2, -0.15) is 0 Å². The number of aromatic nitrogens is 1. The van der Waals surface area contributed by atoms with Crippen molar-refractivity contribution in [2.45, 2.75) is 32.0 Å². The number of sulfonamides is 1. The lowest BCUT2D eigenvalue weighted by atomic mass is 10.1. The Morgan fingerprint density at radius 3 is 2.56 bits per heavy atom. The van der Waals surface area contributed by atoms with Crippen LogP contribution in [0.5, 0.6) is 0 Å². The molecule has 0 spiro atoms. The van der Waals surface area contributed by atoms with Gasteiger partial charge >= 0.3 is 6.16 Å². The molecule has 0 aliphatic carbocycles. The number of rotatable bonds is 6. The van der Waals surface area contributed by atoms with Crippen LogP contribution in [0.15, 0.2) is 53.1 Å². The molecule has 1 amide bonds. The molecule has 1 atom stereocenters. The predicted molar refractivity (Wildman–Crippen MR) is 115 cm³/mol. The van der Waals surface area contributed by atoms with E-state index in [0.29, 0.717) is 5.69 Å². The zero-order valence-corrected chi connectivity index (χ0v) is 18.8. The molecule has 0 bridgehead atoms. The van der Waals surface area contributed by atoms with Crippen molar-refractivity contribution in [3.63, 3.8) is 0 Å². The molecule has 32 heavy (non-hydrogen) atoms. The maximum Gasteiger partial charge on any atom is 0.511 e. The summed E-state index contributed by atoms with van der Waals surface area (Å²) < 4.78 is 42.5. The van der Waals surface area contributed by atoms with Crippen LogP contribution in [0.3, 0.4) is 0 Å². The normalized spacial score (nSPS) is 15.4. The Bertz CT molecular complexity index is 1180. The maximum absolute atomic E-state index is 13.2. The summed E-state index contributed by atoms with van der Waals surface area (Å²) in [5.74, 6) is -0.593. The summed E-state index contributed by atoms with van der Waals surface area (Å²) in [5.41, 5.74) is 0.540. The Balaban J connectivity index is 2.07. The van der Waals surface area contributed by atoms with Crippen molar-refractivity contribution in [2.75, 3.05) is 19.0 Å². The molecule has 1 unspecified atom stereocenters. The molecule has 1 aromatic heterocycles. The first-order chi connectivity index (χ1) is 15.1. The topological polar surface area (TPSA) is 124 Å². The van der Waals surface area contributed by atoms with Gasteiger partial charge in [0.1, 0.15) is 5.82 Å². The van der Waals surface area contributed by atoms with Crippen molar-refractivity contribution >= 4 is 33.7 Å². The van der Waals surface area contributed by atoms with E-state index in [9.17, 15) is 18.0 Å². The van der Waals surface area contributed by atoms with Gasteiger partial charge in [-0.1, -0.05) is 18.2 Å². The number of ether oxygens (including phenoxy) is 3. The Hall–Kier alpha value is -3.60. The van der Waals surface area contributed by atoms with Gasteiger partial charge in [-0.05, 0) is 38.1 Å². The van der Waals surface area contributed by atoms with E-state index in [0.717, 1.165) is 4.31 Å². The first kappa shape index (κ1) is 23.1. The van der Waals surface area contributed by atoms with Gasteiger partial charge < -0.3 is 19.5 Å². The van der Waals surface area contributed by atoms with Gasteiger partial charge in [-0.3, -0.25) is 9.10 Å². The summed E-state index contributed by atoms with van der Waals surface area (Å²) in [6.07, 6.45) is -2.13. The summed E-state index contributed by atoms with van der Waals surface area (Å²) in [5, 5.41) is 2.59. The first-order valence-corrected chi connectivity index (χ1v) is 11.2. The third kappa shape index (κ3) is 4.67. The van der Waals surface area contributed by atoms with Gasteiger partial charge in [-0.15, -0.1) is 0 Å². The van der Waals surface area contributed by atoms with E-state index in [1.165, 1.54) is 26.1 Å². The first-order valence-electron chi connectivity index (χ1n) is 9.72. The number of carbonyl (C=O) groups is 2. The monoisotopic (exact) mass is 461 g/mol. The van der Waals surface area contributed by atoms with E-state index in [-0.39, 0.29) is 34.3 Å². The number of amides is 1. The van der Waals surface area contributed by atoms with Crippen LogP contribution in [-0.2, 0) is 29.0 Å². The van der Waals surface area contributed by atoms with E-state index in [4.69, 9.17) is 14.2 Å². The number of hydrogen-bond acceptors (Lipinski definition) is 8. The van der Waals surface area contributed by atoms with Crippen molar-refractivity contribution in [1.82, 2.24) is 9.29 Å². The van der Waals surface area contributed by atoms with Crippen molar-refractivity contribution in [3.8, 4) is 0 Å². The number of benzene rings is 1. The van der Waals surface area contributed by atoms with Crippen LogP contribution in [0.1, 0.15) is 25.1 Å². The van der Waals surface area contributed by atoms with E-state index >= 15 is 0 Å². The molecule has 11 heteroatoms. The van der Waals surface area contributed by atoms with Gasteiger partial charge in [0.15, 0.2) is 11.5 Å². The molecule has 2 heterocycles. The van der Waals surface area contributed by atoms with Gasteiger partial charge in [0.2, 0.25) is 6.29 Å². The van der Waals surface area contributed by atoms with Gasteiger partial charge in [-0.25, -0.2) is 18.2 Å². The van der Waals surface area contributed by atoms with Crippen molar-refractivity contribution in [1.29, 1.82) is 0 Å². The van der Waals surface area contributed by atoms with Gasteiger partial charge in [0.05, 0.1) is 11.5 Å². The minimum atomic E-state index is -4.03. The van der Waals surface area contributed by atoms with E-state index in [1.54, 1.807) is 44.2 Å². The molecule has 2 aromatic rings. The second-order valence-corrected chi connectivity index (χ2v) is 8.69. The fraction of sp³-hybridized carbons (Fsp3) is 0.286. The van der Waals surface area contributed by atoms with Crippen LogP contribution in [0, 0.1) is 6.92 Å². The predicted octanol–water partition coefficient (Wildman–Crippen LogP) is 2.87. The average molecular weight is 461 g/mol. The van der Waals surface area contributed by atoms with Crippen LogP contribution in [0.4, 0.5) is 10.6 Å². The molecule has 1 N–H and O–H groups in total. The molecule has 3 rings (SSSR count). The molecule has 0 saturated carbocycles. The van der Waals surface area contributed by atoms with Crippen molar-refractivity contribution < 1.29 is 32.2 Å². The Labute approximate surface area is 185 Å². The summed E-state index contributed by atoms with van der Waals surface area (Å²) in [4.78, 5) is 29.0. The molecular formula is C21H23N3O7S. The number of pyridine rings is 1. The summed E-state index contributed by atoms with van der Waals surface area (Å²) in [6, 6.07) is 11.1. The van der Waals surface area contributed by atoms with Crippen LogP contribution >= 0.6 is 0 Å². The number of fused-ring (bicyclic) bond motifs is 1. The minimum Gasteiger partial charge on any atom is -0.452 e. The highest BCUT2D eigenvalue weighted by molar-refractivity contribution is 7.89. The smallest absolute Gasteiger partial charge is 0.452 e. The highest BCUT2D eigenvalue weighted by Gasteiger charge is 2.39. The molecule has 0 fully saturated rings. The zero-order valence-electron chi connectivity index (χ0n) is 18.0. The van der Waals surface area contributed by atoms with E-state index in [2.05, 4.69) is 10.3 Å². The fourth-order valence-corrected chi connectivity index (χ4v) is 4.44. The molecule has 170 valence electrons. The number of nitrogens with zero attached hydrogens (tertiary/aromatic N) is 2. The third-order valence-electron chi connectivity index (χ3n) is 4.45. The molecule has 0 radical (unpaired) electrons. The lowest BCUT2D eigenvalue weighted by Crippen LogP contribution is -2.38. The number of hydrogen-bond donors (Lipinski definition) is 1. The largest absolute Gasteiger partial charge is 0.511 e. The lowest BCUT2D eigenvalue weighted by Gasteiger charge is -2.31. The summed E-state index contributed by atoms with van der Waals surface area (Å²) in [6.45, 7) is 4.90. The number of nitrogens with one attached hydrogen (secondary N) is 1. The Morgan fingerprint density at radius 1 is 1.16 bits per heavy atom. The second-order valence-electron chi connectivity index (χ2n) is 6.75. The number of carbonyl (C=O) groups excluding carboxylic acids is 2. The fourth-order valence-electron chi connectivity index (χ4n) is 3.05. The minimum absolute atomic E-state index is 0.0499. The van der Waals surface area contributed by atoms with E-state index < -0.39 is 28.4 Å². The molecule has 0 saturated heterocycles. The SMILES string of the molecule is CCOC(=O)OC(C)OC1=C(C(=O)Nc2cccc(C)n2)N(C)S(=O)(=O)c2ccccc21. The molecule has 1 aliphatic rings. The van der Waals surface area contributed by atoms with Crippen molar-refractivity contribution in [3.05, 3.63) is 59.4 Å². The van der Waals surface area contributed by atoms with Gasteiger partial charge in [0, 0.05) is 25.2 Å². The standard InChI is InChI=1S/C21H23N3O7S/c1-5-29-21(26)31-14(3)30-19-15-10-6-7-11-16(15)32(27,28)24(4)18(19)20(25)23-17-12-8-9-13(2)22-17/h6-12,14H,5H2,1-4H3,(H,22,23,25). The summed E-state index contributed by atoms with van der Waals surface area (Å²) in [7, 11) is -2.79. The van der Waals surface area contributed by atoms with Crippen LogP contribution in [0.2, 0.25) is 0 Å². The van der Waals surface area contributed by atoms with Crippen molar-refractivity contribution in [2.24, 2.45) is 0 Å². The van der Waals surface area contributed by atoms with Crippen LogP contribution in [-0.4, -0.2) is 49.7 Å².